The first-order valence-corrected chi connectivity index (χ1v) is 17.2. The normalized spacial score (nSPS) is 27.3. The highest BCUT2D eigenvalue weighted by Gasteiger charge is 2.56. The molecule has 0 N–H and O–H groups in total. The quantitative estimate of drug-likeness (QED) is 0.326. The molecule has 1 aromatic carbocycles. The van der Waals surface area contributed by atoms with Gasteiger partial charge in [0.25, 0.3) is 5.88 Å². The molecule has 3 aromatic rings. The fourth-order valence-corrected chi connectivity index (χ4v) is 9.19. The van der Waals surface area contributed by atoms with Gasteiger partial charge < -0.3 is 14.4 Å². The van der Waals surface area contributed by atoms with Crippen molar-refractivity contribution in [2.45, 2.75) is 76.0 Å². The average Bonchev–Trinajstić information content (AvgIpc) is 3.72. The molecule has 0 unspecified atom stereocenters. The van der Waals surface area contributed by atoms with E-state index in [0.717, 1.165) is 88.2 Å². The molecule has 0 radical (unpaired) electrons. The lowest BCUT2D eigenvalue weighted by Crippen LogP contribution is -2.72. The fraction of sp³-hybridized carbons (Fsp3) is 0.629. The first-order valence-electron chi connectivity index (χ1n) is 17.2. The summed E-state index contributed by atoms with van der Waals surface area (Å²) in [6.07, 6.45) is 12.2. The Balaban J connectivity index is 0.872. The third kappa shape index (κ3) is 4.97. The lowest BCUT2D eigenvalue weighted by molar-refractivity contribution is -0.239. The largest absolute Gasteiger partial charge is 0.434 e. The molecule has 242 valence electrons. The van der Waals surface area contributed by atoms with E-state index in [2.05, 4.69) is 53.9 Å². The van der Waals surface area contributed by atoms with Crippen molar-refractivity contribution in [2.75, 3.05) is 50.8 Å². The van der Waals surface area contributed by atoms with E-state index in [1.54, 1.807) is 18.5 Å². The second-order valence-electron chi connectivity index (χ2n) is 15.3. The van der Waals surface area contributed by atoms with Gasteiger partial charge in [-0.15, -0.1) is 10.2 Å². The monoisotopic (exact) mass is 626 g/mol. The molecule has 6 heterocycles. The zero-order valence-corrected chi connectivity index (χ0v) is 26.8. The Kier molecular flexibility index (Phi) is 6.84. The van der Waals surface area contributed by atoms with Crippen molar-refractivity contribution < 1.29 is 13.9 Å². The third-order valence-electron chi connectivity index (χ3n) is 11.8. The summed E-state index contributed by atoms with van der Waals surface area (Å²) in [7, 11) is 0. The topological polar surface area (TPSA) is 92.6 Å². The summed E-state index contributed by atoms with van der Waals surface area (Å²) in [5.41, 5.74) is 3.05. The Bertz CT molecular complexity index is 1610. The van der Waals surface area contributed by atoms with E-state index in [-0.39, 0.29) is 16.8 Å². The van der Waals surface area contributed by atoms with Gasteiger partial charge in [-0.05, 0) is 73.6 Å². The second-order valence-corrected chi connectivity index (χ2v) is 15.3. The smallest absolute Gasteiger partial charge is 0.282 e. The van der Waals surface area contributed by atoms with Gasteiger partial charge in [0.2, 0.25) is 0 Å². The molecule has 0 amide bonds. The molecule has 4 saturated heterocycles. The molecule has 11 heteroatoms. The van der Waals surface area contributed by atoms with Gasteiger partial charge in [-0.25, -0.2) is 9.37 Å². The van der Waals surface area contributed by atoms with Crippen LogP contribution in [0, 0.1) is 23.1 Å². The predicted octanol–water partition coefficient (Wildman–Crippen LogP) is 4.93. The van der Waals surface area contributed by atoms with Crippen molar-refractivity contribution in [3.63, 3.8) is 0 Å². The van der Waals surface area contributed by atoms with Crippen LogP contribution >= 0.6 is 0 Å². The first kappa shape index (κ1) is 28.9. The number of ether oxygens (including phenoxy) is 2. The van der Waals surface area contributed by atoms with Crippen LogP contribution in [0.15, 0.2) is 36.9 Å². The van der Waals surface area contributed by atoms with E-state index >= 15 is 0 Å². The van der Waals surface area contributed by atoms with Crippen LogP contribution in [-0.2, 0) is 4.74 Å². The fourth-order valence-electron chi connectivity index (χ4n) is 9.19. The summed E-state index contributed by atoms with van der Waals surface area (Å²) in [5, 5.41) is 16.7. The maximum Gasteiger partial charge on any atom is 0.282 e. The minimum absolute atomic E-state index is 0.225. The molecular formula is C35H43FN8O2. The molecule has 4 aliphatic heterocycles. The van der Waals surface area contributed by atoms with Crippen molar-refractivity contribution in [2.24, 2.45) is 17.3 Å². The van der Waals surface area contributed by atoms with Crippen LogP contribution in [0.4, 0.5) is 10.2 Å². The van der Waals surface area contributed by atoms with E-state index in [1.165, 1.54) is 37.7 Å². The van der Waals surface area contributed by atoms with E-state index in [1.807, 2.05) is 0 Å². The van der Waals surface area contributed by atoms with Crippen LogP contribution in [-0.4, -0.2) is 98.7 Å². The van der Waals surface area contributed by atoms with Gasteiger partial charge in [-0.3, -0.25) is 9.80 Å². The number of aromatic nitrogens is 5. The number of hydrogen-bond acceptors (Lipinski definition) is 10. The van der Waals surface area contributed by atoms with Crippen molar-refractivity contribution >= 4 is 5.82 Å². The predicted molar refractivity (Wildman–Crippen MR) is 170 cm³/mol. The Morgan fingerprint density at radius 3 is 2.52 bits per heavy atom. The first-order chi connectivity index (χ1) is 22.4. The third-order valence-corrected chi connectivity index (χ3v) is 11.8. The molecule has 1 atom stereocenters. The van der Waals surface area contributed by atoms with Gasteiger partial charge in [0, 0.05) is 74.3 Å². The average molecular weight is 627 g/mol. The minimum atomic E-state index is -0.330. The van der Waals surface area contributed by atoms with Gasteiger partial charge >= 0.3 is 0 Å². The number of benzene rings is 1. The molecule has 2 spiro atoms. The van der Waals surface area contributed by atoms with Gasteiger partial charge in [-0.2, -0.15) is 10.2 Å². The van der Waals surface area contributed by atoms with Crippen LogP contribution in [0.5, 0.6) is 11.6 Å². The molecule has 46 heavy (non-hydrogen) atoms. The van der Waals surface area contributed by atoms with Crippen LogP contribution < -0.4 is 9.64 Å². The number of likely N-dealkylation sites (tertiary alicyclic amines) is 2. The number of nitrogens with zero attached hydrogens (tertiary/aromatic N) is 8. The molecule has 10 nitrogen and oxygen atoms in total. The summed E-state index contributed by atoms with van der Waals surface area (Å²) in [6, 6.07) is 5.98. The Morgan fingerprint density at radius 1 is 0.978 bits per heavy atom. The van der Waals surface area contributed by atoms with E-state index in [0.29, 0.717) is 40.9 Å². The molecule has 9 rings (SSSR count). The van der Waals surface area contributed by atoms with Crippen molar-refractivity contribution in [3.8, 4) is 22.8 Å². The zero-order valence-electron chi connectivity index (χ0n) is 26.8. The second kappa shape index (κ2) is 10.9. The number of anilines is 1. The highest BCUT2D eigenvalue weighted by molar-refractivity contribution is 5.74. The Hall–Kier alpha value is -3.28. The minimum Gasteiger partial charge on any atom is -0.434 e. The van der Waals surface area contributed by atoms with E-state index in [9.17, 15) is 4.39 Å². The zero-order chi connectivity index (χ0) is 31.0. The van der Waals surface area contributed by atoms with Crippen LogP contribution in [0.2, 0.25) is 0 Å². The van der Waals surface area contributed by atoms with Crippen LogP contribution in [0.25, 0.3) is 11.1 Å². The van der Waals surface area contributed by atoms with Crippen molar-refractivity contribution in [3.05, 3.63) is 48.3 Å². The maximum atomic E-state index is 14.6. The van der Waals surface area contributed by atoms with Crippen LogP contribution in [0.3, 0.4) is 0 Å². The Labute approximate surface area is 269 Å². The van der Waals surface area contributed by atoms with Gasteiger partial charge in [-0.1, -0.05) is 13.8 Å². The lowest BCUT2D eigenvalue weighted by Gasteiger charge is -2.62. The summed E-state index contributed by atoms with van der Waals surface area (Å²) in [4.78, 5) is 12.4. The molecule has 2 aliphatic carbocycles. The SMILES string of the molecule is CC(C)[C@H](C1CC(N2CC3(CCO3)C2)C1)N1CC2(CCN(c3ncnnc3Oc3ccc(F)cc3-c3cnncc3C3CC3)C2)C1. The van der Waals surface area contributed by atoms with Crippen LogP contribution in [0.1, 0.15) is 63.9 Å². The molecule has 2 saturated carbocycles. The van der Waals surface area contributed by atoms with Gasteiger partial charge in [0.05, 0.1) is 24.6 Å². The van der Waals surface area contributed by atoms with E-state index in [4.69, 9.17) is 9.47 Å². The molecule has 0 bridgehead atoms. The van der Waals surface area contributed by atoms with Crippen molar-refractivity contribution in [1.29, 1.82) is 0 Å². The summed E-state index contributed by atoms with van der Waals surface area (Å²) in [5.74, 6) is 3.07. The summed E-state index contributed by atoms with van der Waals surface area (Å²) < 4.78 is 26.9. The molecule has 6 aliphatic rings. The highest BCUT2D eigenvalue weighted by Crippen LogP contribution is 2.50. The van der Waals surface area contributed by atoms with E-state index < -0.39 is 0 Å². The standard InChI is InChI=1S/C35H43FN8O2/c1-22(2)31(24-11-26(12-24)43-19-35(20-43)8-10-45-35)44-17-34(18-44)7-9-42(16-34)32-33(41-40-21-37-32)46-30-6-5-25(36)13-27(30)29-15-39-38-14-28(29)23-3-4-23/h5-6,13-15,21-24,26,31H,3-4,7-12,16-20H2,1-2H3/t24?,26?,31-/m1/s1. The molecule has 6 fully saturated rings. The number of halogens is 1. The Morgan fingerprint density at radius 2 is 1.78 bits per heavy atom. The summed E-state index contributed by atoms with van der Waals surface area (Å²) >= 11 is 0. The lowest BCUT2D eigenvalue weighted by atomic mass is 9.67. The molecule has 2 aromatic heterocycles. The number of rotatable bonds is 9. The maximum absolute atomic E-state index is 14.6. The van der Waals surface area contributed by atoms with Gasteiger partial charge in [0.15, 0.2) is 5.82 Å². The van der Waals surface area contributed by atoms with Crippen molar-refractivity contribution in [1.82, 2.24) is 35.2 Å². The molecular weight excluding hydrogens is 583 g/mol. The van der Waals surface area contributed by atoms with Gasteiger partial charge in [0.1, 0.15) is 17.9 Å². The summed E-state index contributed by atoms with van der Waals surface area (Å²) in [6.45, 7) is 12.1. The number of hydrogen-bond donors (Lipinski definition) is 0. The highest BCUT2D eigenvalue weighted by atomic mass is 19.1.